The molecule has 0 radical (unpaired) electrons. The summed E-state index contributed by atoms with van der Waals surface area (Å²) in [6, 6.07) is 3.77. The molecule has 0 spiro atoms. The molecular formula is C13H14BrN3O2. The van der Waals surface area contributed by atoms with Gasteiger partial charge in [-0.15, -0.1) is 0 Å². The summed E-state index contributed by atoms with van der Waals surface area (Å²) in [5, 5.41) is 4.42. The lowest BCUT2D eigenvalue weighted by Crippen LogP contribution is -2.16. The quantitative estimate of drug-likeness (QED) is 0.875. The SMILES string of the molecule is Cc1c2c(cc(Br)c1-c1cc(N)n(C)n1)OCCO2. The first-order valence-corrected chi connectivity index (χ1v) is 6.76. The van der Waals surface area contributed by atoms with Crippen LogP contribution in [0.2, 0.25) is 0 Å². The van der Waals surface area contributed by atoms with Crippen molar-refractivity contribution in [2.45, 2.75) is 6.92 Å². The molecule has 100 valence electrons. The van der Waals surface area contributed by atoms with Crippen LogP contribution in [0.15, 0.2) is 16.6 Å². The maximum atomic E-state index is 5.85. The number of halogens is 1. The second kappa shape index (κ2) is 4.45. The number of aryl methyl sites for hydroxylation is 1. The minimum atomic E-state index is 0.569. The molecule has 1 aliphatic heterocycles. The summed E-state index contributed by atoms with van der Waals surface area (Å²) in [4.78, 5) is 0. The van der Waals surface area contributed by atoms with E-state index in [0.717, 1.165) is 32.8 Å². The standard InChI is InChI=1S/C13H14BrN3O2/c1-7-12(9-6-11(15)17(2)16-9)8(14)5-10-13(7)19-4-3-18-10/h5-6H,3-4,15H2,1-2H3. The Morgan fingerprint density at radius 3 is 2.74 bits per heavy atom. The van der Waals surface area contributed by atoms with E-state index in [0.29, 0.717) is 19.0 Å². The first kappa shape index (κ1) is 12.3. The van der Waals surface area contributed by atoms with E-state index in [-0.39, 0.29) is 0 Å². The average Bonchev–Trinajstić information content (AvgIpc) is 2.69. The smallest absolute Gasteiger partial charge is 0.165 e. The maximum absolute atomic E-state index is 5.85. The third-order valence-electron chi connectivity index (χ3n) is 3.20. The molecule has 0 bridgehead atoms. The van der Waals surface area contributed by atoms with Crippen molar-refractivity contribution in [3.63, 3.8) is 0 Å². The van der Waals surface area contributed by atoms with Gasteiger partial charge in [-0.3, -0.25) is 4.68 Å². The molecule has 5 nitrogen and oxygen atoms in total. The molecule has 0 fully saturated rings. The zero-order valence-electron chi connectivity index (χ0n) is 10.7. The van der Waals surface area contributed by atoms with Crippen LogP contribution in [-0.4, -0.2) is 23.0 Å². The number of anilines is 1. The number of fused-ring (bicyclic) bond motifs is 1. The summed E-state index contributed by atoms with van der Waals surface area (Å²) in [5.41, 5.74) is 8.65. The minimum absolute atomic E-state index is 0.569. The predicted octanol–water partition coefficient (Wildman–Crippen LogP) is 2.51. The predicted molar refractivity (Wildman–Crippen MR) is 76.5 cm³/mol. The Labute approximate surface area is 119 Å². The van der Waals surface area contributed by atoms with E-state index < -0.39 is 0 Å². The highest BCUT2D eigenvalue weighted by atomic mass is 79.9. The minimum Gasteiger partial charge on any atom is -0.486 e. The second-order valence-electron chi connectivity index (χ2n) is 4.46. The van der Waals surface area contributed by atoms with Gasteiger partial charge >= 0.3 is 0 Å². The van der Waals surface area contributed by atoms with Crippen molar-refractivity contribution in [1.82, 2.24) is 9.78 Å². The Balaban J connectivity index is 2.21. The lowest BCUT2D eigenvalue weighted by Gasteiger charge is -2.22. The van der Waals surface area contributed by atoms with Gasteiger partial charge in [-0.25, -0.2) is 0 Å². The number of hydrogen-bond acceptors (Lipinski definition) is 4. The van der Waals surface area contributed by atoms with Crippen molar-refractivity contribution in [2.75, 3.05) is 18.9 Å². The zero-order valence-corrected chi connectivity index (χ0v) is 12.3. The van der Waals surface area contributed by atoms with Gasteiger partial charge in [-0.05, 0) is 28.9 Å². The molecule has 0 amide bonds. The highest BCUT2D eigenvalue weighted by molar-refractivity contribution is 9.10. The van der Waals surface area contributed by atoms with Gasteiger partial charge in [0.2, 0.25) is 0 Å². The van der Waals surface area contributed by atoms with Gasteiger partial charge in [0.1, 0.15) is 19.0 Å². The monoisotopic (exact) mass is 323 g/mol. The molecular weight excluding hydrogens is 310 g/mol. The summed E-state index contributed by atoms with van der Waals surface area (Å²) >= 11 is 3.57. The molecule has 1 aromatic heterocycles. The van der Waals surface area contributed by atoms with Gasteiger partial charge in [0, 0.05) is 28.7 Å². The van der Waals surface area contributed by atoms with Gasteiger partial charge in [0.25, 0.3) is 0 Å². The summed E-state index contributed by atoms with van der Waals surface area (Å²) < 4.78 is 13.9. The lowest BCUT2D eigenvalue weighted by atomic mass is 10.0. The topological polar surface area (TPSA) is 62.3 Å². The molecule has 2 aromatic rings. The Hall–Kier alpha value is -1.69. The molecule has 2 heterocycles. The molecule has 2 N–H and O–H groups in total. The van der Waals surface area contributed by atoms with Crippen molar-refractivity contribution >= 4 is 21.7 Å². The van der Waals surface area contributed by atoms with Crippen LogP contribution in [0.5, 0.6) is 11.5 Å². The average molecular weight is 324 g/mol. The Kier molecular flexibility index (Phi) is 2.89. The van der Waals surface area contributed by atoms with Gasteiger partial charge in [0.15, 0.2) is 11.5 Å². The molecule has 0 saturated heterocycles. The van der Waals surface area contributed by atoms with Crippen molar-refractivity contribution in [1.29, 1.82) is 0 Å². The van der Waals surface area contributed by atoms with Crippen LogP contribution in [0.1, 0.15) is 5.56 Å². The Bertz CT molecular complexity index is 632. The van der Waals surface area contributed by atoms with E-state index in [2.05, 4.69) is 21.0 Å². The summed E-state index contributed by atoms with van der Waals surface area (Å²) in [7, 11) is 1.82. The highest BCUT2D eigenvalue weighted by Gasteiger charge is 2.22. The van der Waals surface area contributed by atoms with Crippen molar-refractivity contribution in [3.05, 3.63) is 22.2 Å². The number of nitrogens with two attached hydrogens (primary N) is 1. The van der Waals surface area contributed by atoms with Crippen molar-refractivity contribution in [2.24, 2.45) is 7.05 Å². The number of ether oxygens (including phenoxy) is 2. The van der Waals surface area contributed by atoms with Gasteiger partial charge in [0.05, 0.1) is 5.69 Å². The number of nitrogens with zero attached hydrogens (tertiary/aromatic N) is 2. The molecule has 3 rings (SSSR count). The zero-order chi connectivity index (χ0) is 13.6. The van der Waals surface area contributed by atoms with Crippen LogP contribution in [-0.2, 0) is 7.05 Å². The van der Waals surface area contributed by atoms with Crippen LogP contribution in [0, 0.1) is 6.92 Å². The maximum Gasteiger partial charge on any atom is 0.165 e. The number of benzene rings is 1. The van der Waals surface area contributed by atoms with E-state index in [4.69, 9.17) is 15.2 Å². The van der Waals surface area contributed by atoms with Crippen molar-refractivity contribution < 1.29 is 9.47 Å². The third-order valence-corrected chi connectivity index (χ3v) is 3.82. The molecule has 0 aliphatic carbocycles. The molecule has 1 aliphatic rings. The molecule has 6 heteroatoms. The fourth-order valence-corrected chi connectivity index (χ4v) is 2.94. The number of rotatable bonds is 1. The van der Waals surface area contributed by atoms with E-state index in [1.54, 1.807) is 4.68 Å². The van der Waals surface area contributed by atoms with Crippen LogP contribution < -0.4 is 15.2 Å². The molecule has 19 heavy (non-hydrogen) atoms. The highest BCUT2D eigenvalue weighted by Crippen LogP contribution is 2.43. The first-order chi connectivity index (χ1) is 9.08. The fraction of sp³-hybridized carbons (Fsp3) is 0.308. The second-order valence-corrected chi connectivity index (χ2v) is 5.31. The van der Waals surface area contributed by atoms with Gasteiger partial charge in [-0.2, -0.15) is 5.10 Å². The van der Waals surface area contributed by atoms with Gasteiger partial charge < -0.3 is 15.2 Å². The summed E-state index contributed by atoms with van der Waals surface area (Å²) in [6.45, 7) is 3.15. The number of hydrogen-bond donors (Lipinski definition) is 1. The fourth-order valence-electron chi connectivity index (χ4n) is 2.23. The molecule has 0 unspecified atom stereocenters. The number of nitrogen functional groups attached to an aromatic ring is 1. The lowest BCUT2D eigenvalue weighted by molar-refractivity contribution is 0.170. The van der Waals surface area contributed by atoms with Crippen LogP contribution in [0.3, 0.4) is 0 Å². The van der Waals surface area contributed by atoms with E-state index in [1.807, 2.05) is 26.1 Å². The van der Waals surface area contributed by atoms with Crippen LogP contribution in [0.25, 0.3) is 11.3 Å². The van der Waals surface area contributed by atoms with Crippen LogP contribution in [0.4, 0.5) is 5.82 Å². The van der Waals surface area contributed by atoms with Crippen molar-refractivity contribution in [3.8, 4) is 22.8 Å². The Morgan fingerprint density at radius 1 is 1.32 bits per heavy atom. The van der Waals surface area contributed by atoms with Crippen LogP contribution >= 0.6 is 15.9 Å². The van der Waals surface area contributed by atoms with Gasteiger partial charge in [-0.1, -0.05) is 0 Å². The van der Waals surface area contributed by atoms with E-state index in [9.17, 15) is 0 Å². The summed E-state index contributed by atoms with van der Waals surface area (Å²) in [5.74, 6) is 2.17. The molecule has 0 atom stereocenters. The normalized spacial score (nSPS) is 13.6. The Morgan fingerprint density at radius 2 is 2.05 bits per heavy atom. The molecule has 0 saturated carbocycles. The number of aromatic nitrogens is 2. The summed E-state index contributed by atoms with van der Waals surface area (Å²) in [6.07, 6.45) is 0. The first-order valence-electron chi connectivity index (χ1n) is 5.96. The molecule has 1 aromatic carbocycles. The third kappa shape index (κ3) is 1.96. The van der Waals surface area contributed by atoms with E-state index in [1.165, 1.54) is 0 Å². The van der Waals surface area contributed by atoms with E-state index >= 15 is 0 Å². The largest absolute Gasteiger partial charge is 0.486 e.